The highest BCUT2D eigenvalue weighted by atomic mass is 32.1. The monoisotopic (exact) mass is 378 g/mol. The lowest BCUT2D eigenvalue weighted by Crippen LogP contribution is -2.09. The van der Waals surface area contributed by atoms with E-state index < -0.39 is 0 Å². The van der Waals surface area contributed by atoms with Gasteiger partial charge in [0.05, 0.1) is 29.4 Å². The number of rotatable bonds is 5. The summed E-state index contributed by atoms with van der Waals surface area (Å²) in [6, 6.07) is 16.6. The summed E-state index contributed by atoms with van der Waals surface area (Å²) in [7, 11) is 1.68. The van der Waals surface area contributed by atoms with Crippen LogP contribution in [-0.4, -0.2) is 17.8 Å². The van der Waals surface area contributed by atoms with Gasteiger partial charge in [0, 0.05) is 12.1 Å². The molecule has 0 saturated heterocycles. The van der Waals surface area contributed by atoms with Crippen LogP contribution in [0.5, 0.6) is 5.75 Å². The van der Waals surface area contributed by atoms with Gasteiger partial charge in [-0.05, 0) is 43.7 Å². The second-order valence-corrected chi connectivity index (χ2v) is 7.64. The van der Waals surface area contributed by atoms with Gasteiger partial charge in [0.1, 0.15) is 5.75 Å². The smallest absolute Gasteiger partial charge is 0.188 e. The summed E-state index contributed by atoms with van der Waals surface area (Å²) in [5.41, 5.74) is 8.81. The number of ether oxygens (including phenoxy) is 1. The molecule has 0 amide bonds. The molecule has 6 heteroatoms. The van der Waals surface area contributed by atoms with Crippen molar-refractivity contribution in [2.45, 2.75) is 26.3 Å². The highest BCUT2D eigenvalue weighted by Crippen LogP contribution is 2.32. The summed E-state index contributed by atoms with van der Waals surface area (Å²) < 4.78 is 5.23. The van der Waals surface area contributed by atoms with Crippen molar-refractivity contribution in [3.63, 3.8) is 0 Å². The fourth-order valence-electron chi connectivity index (χ4n) is 3.09. The van der Waals surface area contributed by atoms with E-state index in [0.29, 0.717) is 0 Å². The third-order valence-electron chi connectivity index (χ3n) is 4.63. The van der Waals surface area contributed by atoms with Crippen LogP contribution in [0.1, 0.15) is 34.2 Å². The van der Waals surface area contributed by atoms with E-state index in [0.717, 1.165) is 39.3 Å². The number of nitrogens with one attached hydrogen (secondary N) is 2. The summed E-state index contributed by atoms with van der Waals surface area (Å²) in [6.45, 7) is 4.12. The minimum Gasteiger partial charge on any atom is -0.497 e. The molecule has 3 aromatic rings. The molecule has 2 N–H and O–H groups in total. The Morgan fingerprint density at radius 3 is 2.52 bits per heavy atom. The first-order valence-electron chi connectivity index (χ1n) is 8.90. The first kappa shape index (κ1) is 17.5. The van der Waals surface area contributed by atoms with Gasteiger partial charge in [0.15, 0.2) is 5.13 Å². The van der Waals surface area contributed by atoms with Crippen LogP contribution in [-0.2, 0) is 0 Å². The number of methoxy groups -OCH3 is 1. The maximum Gasteiger partial charge on any atom is 0.188 e. The fourth-order valence-corrected chi connectivity index (χ4v) is 4.08. The lowest BCUT2D eigenvalue weighted by atomic mass is 10.0. The van der Waals surface area contributed by atoms with Crippen molar-refractivity contribution in [3.05, 3.63) is 70.2 Å². The van der Waals surface area contributed by atoms with Crippen LogP contribution in [0.15, 0.2) is 53.6 Å². The summed E-state index contributed by atoms with van der Waals surface area (Å²) in [5, 5.41) is 8.86. The van der Waals surface area contributed by atoms with E-state index in [1.807, 2.05) is 19.1 Å². The Balaban J connectivity index is 1.47. The molecule has 1 aromatic heterocycles. The number of anilines is 2. The number of aromatic nitrogens is 1. The van der Waals surface area contributed by atoms with Crippen molar-refractivity contribution in [2.24, 2.45) is 5.10 Å². The third kappa shape index (κ3) is 3.80. The molecule has 1 aliphatic rings. The van der Waals surface area contributed by atoms with Gasteiger partial charge in [-0.3, -0.25) is 0 Å². The average molecular weight is 379 g/mol. The molecule has 2 heterocycles. The SMILES string of the molecule is COc1ccc([C@@H]2CC(c3sc(Nc4ccc(C)cc4)nc3C)=NN2)cc1. The summed E-state index contributed by atoms with van der Waals surface area (Å²) >= 11 is 1.65. The first-order chi connectivity index (χ1) is 13.1. The fraction of sp³-hybridized carbons (Fsp3) is 0.238. The number of aryl methyl sites for hydroxylation is 2. The number of hydrazone groups is 1. The molecule has 1 aliphatic heterocycles. The van der Waals surface area contributed by atoms with Crippen molar-refractivity contribution in [3.8, 4) is 5.75 Å². The van der Waals surface area contributed by atoms with E-state index >= 15 is 0 Å². The molecule has 0 bridgehead atoms. The molecule has 0 fully saturated rings. The Kier molecular flexibility index (Phi) is 4.81. The zero-order valence-electron chi connectivity index (χ0n) is 15.6. The van der Waals surface area contributed by atoms with Crippen molar-refractivity contribution in [2.75, 3.05) is 12.4 Å². The molecule has 0 radical (unpaired) electrons. The zero-order chi connectivity index (χ0) is 18.8. The average Bonchev–Trinajstić information content (AvgIpc) is 3.30. The number of benzene rings is 2. The normalized spacial score (nSPS) is 16.0. The number of thiazole rings is 1. The summed E-state index contributed by atoms with van der Waals surface area (Å²) in [5.74, 6) is 0.864. The molecule has 0 saturated carbocycles. The second kappa shape index (κ2) is 7.40. The van der Waals surface area contributed by atoms with E-state index in [-0.39, 0.29) is 6.04 Å². The van der Waals surface area contributed by atoms with E-state index in [1.54, 1.807) is 18.4 Å². The minimum atomic E-state index is 0.181. The third-order valence-corrected chi connectivity index (χ3v) is 5.75. The van der Waals surface area contributed by atoms with Crippen molar-refractivity contribution >= 4 is 27.9 Å². The van der Waals surface area contributed by atoms with Gasteiger partial charge in [-0.15, -0.1) is 0 Å². The maximum atomic E-state index is 5.23. The molecule has 138 valence electrons. The molecule has 0 aliphatic carbocycles. The van der Waals surface area contributed by atoms with Crippen LogP contribution >= 0.6 is 11.3 Å². The van der Waals surface area contributed by atoms with E-state index in [4.69, 9.17) is 4.74 Å². The van der Waals surface area contributed by atoms with E-state index in [2.05, 4.69) is 64.1 Å². The largest absolute Gasteiger partial charge is 0.497 e. The van der Waals surface area contributed by atoms with Crippen LogP contribution in [0.4, 0.5) is 10.8 Å². The second-order valence-electron chi connectivity index (χ2n) is 6.64. The van der Waals surface area contributed by atoms with Crippen LogP contribution in [0.2, 0.25) is 0 Å². The van der Waals surface area contributed by atoms with Crippen LogP contribution in [0, 0.1) is 13.8 Å². The molecular weight excluding hydrogens is 356 g/mol. The zero-order valence-corrected chi connectivity index (χ0v) is 16.4. The lowest BCUT2D eigenvalue weighted by molar-refractivity contribution is 0.414. The van der Waals surface area contributed by atoms with Crippen LogP contribution in [0.3, 0.4) is 0 Å². The first-order valence-corrected chi connectivity index (χ1v) is 9.71. The lowest BCUT2D eigenvalue weighted by Gasteiger charge is -2.10. The molecule has 5 nitrogen and oxygen atoms in total. The highest BCUT2D eigenvalue weighted by Gasteiger charge is 2.24. The number of nitrogens with zero attached hydrogens (tertiary/aromatic N) is 2. The van der Waals surface area contributed by atoms with Crippen LogP contribution < -0.4 is 15.5 Å². The topological polar surface area (TPSA) is 58.5 Å². The Bertz CT molecular complexity index is 961. The number of hydrogen-bond donors (Lipinski definition) is 2. The summed E-state index contributed by atoms with van der Waals surface area (Å²) in [6.07, 6.45) is 0.847. The molecular formula is C21H22N4OS. The Morgan fingerprint density at radius 2 is 1.81 bits per heavy atom. The van der Waals surface area contributed by atoms with Gasteiger partial charge in [-0.1, -0.05) is 41.2 Å². The molecule has 27 heavy (non-hydrogen) atoms. The molecule has 1 atom stereocenters. The molecule has 4 rings (SSSR count). The van der Waals surface area contributed by atoms with Gasteiger partial charge in [0.25, 0.3) is 0 Å². The van der Waals surface area contributed by atoms with Crippen LogP contribution in [0.25, 0.3) is 0 Å². The van der Waals surface area contributed by atoms with Gasteiger partial charge in [-0.2, -0.15) is 5.10 Å². The summed E-state index contributed by atoms with van der Waals surface area (Å²) in [4.78, 5) is 5.81. The Morgan fingerprint density at radius 1 is 1.07 bits per heavy atom. The van der Waals surface area contributed by atoms with Gasteiger partial charge in [-0.25, -0.2) is 4.98 Å². The minimum absolute atomic E-state index is 0.181. The van der Waals surface area contributed by atoms with Crippen molar-refractivity contribution < 1.29 is 4.74 Å². The van der Waals surface area contributed by atoms with Crippen molar-refractivity contribution in [1.82, 2.24) is 10.4 Å². The van der Waals surface area contributed by atoms with Gasteiger partial charge < -0.3 is 15.5 Å². The predicted octanol–water partition coefficient (Wildman–Crippen LogP) is 4.95. The maximum absolute atomic E-state index is 5.23. The molecule has 2 aromatic carbocycles. The predicted molar refractivity (Wildman–Crippen MR) is 111 cm³/mol. The number of hydrogen-bond acceptors (Lipinski definition) is 6. The van der Waals surface area contributed by atoms with Gasteiger partial charge in [0.2, 0.25) is 0 Å². The van der Waals surface area contributed by atoms with Gasteiger partial charge >= 0.3 is 0 Å². The van der Waals surface area contributed by atoms with E-state index in [1.165, 1.54) is 11.1 Å². The molecule has 0 spiro atoms. The highest BCUT2D eigenvalue weighted by molar-refractivity contribution is 7.17. The van der Waals surface area contributed by atoms with E-state index in [9.17, 15) is 0 Å². The quantitative estimate of drug-likeness (QED) is 0.659. The van der Waals surface area contributed by atoms with Crippen molar-refractivity contribution in [1.29, 1.82) is 0 Å². The molecule has 0 unspecified atom stereocenters. The standard InChI is InChI=1S/C21H22N4OS/c1-13-4-8-16(9-5-13)23-21-22-14(2)20(27-21)19-12-18(24-25-19)15-6-10-17(26-3)11-7-15/h4-11,18,24H,12H2,1-3H3,(H,22,23)/t18-/m0/s1. The Labute approximate surface area is 163 Å². The Hall–Kier alpha value is -2.86.